The molecule has 0 heterocycles. The van der Waals surface area contributed by atoms with Crippen molar-refractivity contribution >= 4 is 17.8 Å². The molecule has 0 bridgehead atoms. The van der Waals surface area contributed by atoms with Crippen LogP contribution in [-0.2, 0) is 19.1 Å². The van der Waals surface area contributed by atoms with Crippen molar-refractivity contribution < 1.29 is 19.1 Å². The monoisotopic (exact) mass is 308 g/mol. The van der Waals surface area contributed by atoms with Crippen molar-refractivity contribution in [2.45, 2.75) is 44.6 Å². The van der Waals surface area contributed by atoms with Gasteiger partial charge in [-0.05, 0) is 31.1 Å². The molecule has 2 aliphatic rings. The zero-order valence-electron chi connectivity index (χ0n) is 12.3. The van der Waals surface area contributed by atoms with E-state index in [1.54, 1.807) is 0 Å². The van der Waals surface area contributed by atoms with Crippen molar-refractivity contribution in [2.75, 3.05) is 6.61 Å². The zero-order valence-corrected chi connectivity index (χ0v) is 12.3. The van der Waals surface area contributed by atoms with Gasteiger partial charge in [-0.1, -0.05) is 13.0 Å². The van der Waals surface area contributed by atoms with Gasteiger partial charge in [-0.2, -0.15) is 5.10 Å². The fourth-order valence-electron chi connectivity index (χ4n) is 2.88. The molecule has 2 rings (SSSR count). The molecule has 0 aromatic heterocycles. The number of esters is 2. The molecule has 2 aliphatic carbocycles. The lowest BCUT2D eigenvalue weighted by Gasteiger charge is -2.53. The third-order valence-electron chi connectivity index (χ3n) is 4.29. The van der Waals surface area contributed by atoms with Crippen molar-refractivity contribution in [3.05, 3.63) is 12.2 Å². The third-order valence-corrected chi connectivity index (χ3v) is 4.29. The van der Waals surface area contributed by atoms with Crippen molar-refractivity contribution in [3.63, 3.8) is 0 Å². The van der Waals surface area contributed by atoms with Crippen LogP contribution in [-0.4, -0.2) is 30.5 Å². The summed E-state index contributed by atoms with van der Waals surface area (Å²) in [6, 6.07) is 0. The highest BCUT2D eigenvalue weighted by molar-refractivity contribution is 5.95. The van der Waals surface area contributed by atoms with Crippen LogP contribution in [0.25, 0.3) is 0 Å². The molecule has 0 aromatic rings. The molecule has 0 amide bonds. The van der Waals surface area contributed by atoms with E-state index >= 15 is 0 Å². The summed E-state index contributed by atoms with van der Waals surface area (Å²) >= 11 is 0. The number of carbonyl (C=O) groups excluding carboxylic acids is 2. The molecule has 0 aromatic carbocycles. The first kappa shape index (κ1) is 16.1. The normalized spacial score (nSPS) is 19.7. The van der Waals surface area contributed by atoms with Gasteiger partial charge in [0.15, 0.2) is 6.61 Å². The minimum atomic E-state index is -0.758. The van der Waals surface area contributed by atoms with E-state index in [0.717, 1.165) is 12.8 Å². The maximum atomic E-state index is 11.7. The van der Waals surface area contributed by atoms with Crippen LogP contribution in [0, 0.1) is 10.9 Å². The van der Waals surface area contributed by atoms with Crippen LogP contribution in [0.5, 0.6) is 0 Å². The summed E-state index contributed by atoms with van der Waals surface area (Å²) in [5.41, 5.74) is 7.13. The second-order valence-corrected chi connectivity index (χ2v) is 5.89. The van der Waals surface area contributed by atoms with Gasteiger partial charge in [0.1, 0.15) is 6.10 Å². The Hall–Kier alpha value is -2.25. The van der Waals surface area contributed by atoms with Gasteiger partial charge >= 0.3 is 11.9 Å². The molecule has 0 atom stereocenters. The van der Waals surface area contributed by atoms with Crippen LogP contribution in [0.2, 0.25) is 0 Å². The van der Waals surface area contributed by atoms with E-state index in [9.17, 15) is 9.59 Å². The lowest BCUT2D eigenvalue weighted by Crippen LogP contribution is -2.47. The molecule has 8 nitrogen and oxygen atoms in total. The van der Waals surface area contributed by atoms with E-state index in [1.807, 2.05) is 0 Å². The molecule has 2 fully saturated rings. The predicted molar refractivity (Wildman–Crippen MR) is 76.9 cm³/mol. The highest BCUT2D eigenvalue weighted by Crippen LogP contribution is 2.56. The zero-order chi connectivity index (χ0) is 16.2. The first-order chi connectivity index (χ1) is 10.5. The van der Waals surface area contributed by atoms with E-state index in [1.165, 1.54) is 19.3 Å². The fourth-order valence-corrected chi connectivity index (χ4v) is 2.88. The number of hydrogen-bond donors (Lipinski definition) is 2. The molecule has 0 saturated heterocycles. The Bertz CT molecular complexity index is 517. The summed E-state index contributed by atoms with van der Waals surface area (Å²) in [5.74, 6) is 3.56. The molecule has 0 aliphatic heterocycles. The largest absolute Gasteiger partial charge is 0.462 e. The Morgan fingerprint density at radius 1 is 1.36 bits per heavy atom. The maximum Gasteiger partial charge on any atom is 0.334 e. The standard InChI is InChI=1S/C14H20N4O4/c1-9(13(20)21-8-11(17-15)18-16)5-12(19)22-10-6-14(7-10)3-2-4-14/h10,15H,1-8,16H2/b17-15?,18-11-. The van der Waals surface area contributed by atoms with Crippen LogP contribution in [0.4, 0.5) is 0 Å². The molecule has 1 spiro atoms. The Labute approximate surface area is 128 Å². The molecular weight excluding hydrogens is 288 g/mol. The number of nitrogens with one attached hydrogen (secondary N) is 1. The maximum absolute atomic E-state index is 11.7. The van der Waals surface area contributed by atoms with Crippen molar-refractivity contribution in [1.82, 2.24) is 0 Å². The lowest BCUT2D eigenvalue weighted by molar-refractivity contribution is -0.167. The Balaban J connectivity index is 1.66. The van der Waals surface area contributed by atoms with E-state index in [0.29, 0.717) is 5.41 Å². The average Bonchev–Trinajstić information content (AvgIpc) is 2.41. The molecule has 0 radical (unpaired) electrons. The minimum absolute atomic E-state index is 0.0102. The van der Waals surface area contributed by atoms with Gasteiger partial charge in [-0.3, -0.25) is 4.79 Å². The van der Waals surface area contributed by atoms with Crippen molar-refractivity contribution in [1.29, 1.82) is 5.53 Å². The molecule has 3 N–H and O–H groups in total. The summed E-state index contributed by atoms with van der Waals surface area (Å²) in [5, 5.41) is 6.11. The van der Waals surface area contributed by atoms with Crippen LogP contribution in [0.3, 0.4) is 0 Å². The summed E-state index contributed by atoms with van der Waals surface area (Å²) in [6.45, 7) is 3.17. The number of hydrazone groups is 1. The van der Waals surface area contributed by atoms with E-state index in [4.69, 9.17) is 20.8 Å². The van der Waals surface area contributed by atoms with Crippen molar-refractivity contribution in [2.24, 2.45) is 21.5 Å². The molecule has 0 unspecified atom stereocenters. The second kappa shape index (κ2) is 6.67. The number of nitrogens with zero attached hydrogens (tertiary/aromatic N) is 2. The second-order valence-electron chi connectivity index (χ2n) is 5.89. The number of carbonyl (C=O) groups is 2. The number of amidine groups is 1. The van der Waals surface area contributed by atoms with Gasteiger partial charge < -0.3 is 15.3 Å². The molecule has 22 heavy (non-hydrogen) atoms. The first-order valence-electron chi connectivity index (χ1n) is 7.16. The lowest BCUT2D eigenvalue weighted by atomic mass is 9.55. The Morgan fingerprint density at radius 3 is 2.55 bits per heavy atom. The number of hydrogen-bond acceptors (Lipinski definition) is 7. The highest BCUT2D eigenvalue weighted by atomic mass is 16.5. The van der Waals surface area contributed by atoms with Crippen LogP contribution in [0.15, 0.2) is 22.4 Å². The van der Waals surface area contributed by atoms with Gasteiger partial charge in [0.05, 0.1) is 6.42 Å². The van der Waals surface area contributed by atoms with Gasteiger partial charge in [0.25, 0.3) is 0 Å². The summed E-state index contributed by atoms with van der Waals surface area (Å²) in [4.78, 5) is 23.4. The summed E-state index contributed by atoms with van der Waals surface area (Å²) in [7, 11) is 0. The van der Waals surface area contributed by atoms with Gasteiger partial charge in [-0.15, -0.1) is 5.11 Å². The Morgan fingerprint density at radius 2 is 2.05 bits per heavy atom. The van der Waals surface area contributed by atoms with Crippen molar-refractivity contribution in [3.8, 4) is 0 Å². The molecule has 2 saturated carbocycles. The summed E-state index contributed by atoms with van der Waals surface area (Å²) in [6.07, 6.45) is 5.33. The number of nitrogens with two attached hydrogens (primary N) is 1. The van der Waals surface area contributed by atoms with E-state index in [-0.39, 0.29) is 30.5 Å². The fraction of sp³-hybridized carbons (Fsp3) is 0.643. The molecular formula is C14H20N4O4. The topological polar surface area (TPSA) is 127 Å². The van der Waals surface area contributed by atoms with Gasteiger partial charge in [0, 0.05) is 5.57 Å². The van der Waals surface area contributed by atoms with Gasteiger partial charge in [-0.25, -0.2) is 10.3 Å². The minimum Gasteiger partial charge on any atom is -0.462 e. The quantitative estimate of drug-likeness (QED) is 0.147. The average molecular weight is 308 g/mol. The number of ether oxygens (including phenoxy) is 2. The van der Waals surface area contributed by atoms with E-state index < -0.39 is 11.9 Å². The Kier molecular flexibility index (Phi) is 4.89. The summed E-state index contributed by atoms with van der Waals surface area (Å²) < 4.78 is 10.1. The van der Waals surface area contributed by atoms with Crippen LogP contribution in [0.1, 0.15) is 38.5 Å². The predicted octanol–water partition coefficient (Wildman–Crippen LogP) is 1.65. The number of rotatable bonds is 6. The van der Waals surface area contributed by atoms with Crippen LogP contribution >= 0.6 is 0 Å². The molecule has 120 valence electrons. The third kappa shape index (κ3) is 3.69. The van der Waals surface area contributed by atoms with Gasteiger partial charge in [0.2, 0.25) is 5.84 Å². The smallest absolute Gasteiger partial charge is 0.334 e. The SMILES string of the molecule is C=C(CC(=O)OC1CC2(CCC2)C1)C(=O)OC/C(N=N)=N/N. The first-order valence-corrected chi connectivity index (χ1v) is 7.16. The van der Waals surface area contributed by atoms with E-state index in [2.05, 4.69) is 16.8 Å². The van der Waals surface area contributed by atoms with Crippen LogP contribution < -0.4 is 5.84 Å². The highest BCUT2D eigenvalue weighted by Gasteiger charge is 2.49. The molecule has 8 heteroatoms.